The number of aryl methyl sites for hydroxylation is 1. The molecule has 2 aromatic carbocycles. The van der Waals surface area contributed by atoms with E-state index in [1.54, 1.807) is 18.9 Å². The highest BCUT2D eigenvalue weighted by Gasteiger charge is 2.10. The van der Waals surface area contributed by atoms with Crippen LogP contribution in [-0.4, -0.2) is 26.9 Å². The van der Waals surface area contributed by atoms with Crippen LogP contribution in [0.3, 0.4) is 0 Å². The first-order chi connectivity index (χ1) is 11.7. The number of para-hydroxylation sites is 1. The molecule has 0 fully saturated rings. The van der Waals surface area contributed by atoms with Gasteiger partial charge in [-0.25, -0.2) is 0 Å². The van der Waals surface area contributed by atoms with E-state index in [1.807, 2.05) is 30.3 Å². The Kier molecular flexibility index (Phi) is 9.46. The van der Waals surface area contributed by atoms with Crippen LogP contribution in [0.4, 0.5) is 0 Å². The predicted molar refractivity (Wildman–Crippen MR) is 98.0 cm³/mol. The largest absolute Gasteiger partial charge is 0.496 e. The minimum Gasteiger partial charge on any atom is -0.496 e. The zero-order chi connectivity index (χ0) is 17.8. The molecule has 2 aromatic rings. The van der Waals surface area contributed by atoms with Crippen molar-refractivity contribution in [2.24, 2.45) is 0 Å². The van der Waals surface area contributed by atoms with Crippen LogP contribution < -0.4 is 9.47 Å². The van der Waals surface area contributed by atoms with Gasteiger partial charge in [0.25, 0.3) is 6.47 Å². The molecule has 0 radical (unpaired) electrons. The molecule has 0 aromatic heterocycles. The second-order valence-electron chi connectivity index (χ2n) is 4.72. The van der Waals surface area contributed by atoms with Crippen molar-refractivity contribution in [3.63, 3.8) is 0 Å². The Bertz CT molecular complexity index is 606. The lowest BCUT2D eigenvalue weighted by atomic mass is 10.1. The van der Waals surface area contributed by atoms with Crippen molar-refractivity contribution < 1.29 is 19.0 Å². The summed E-state index contributed by atoms with van der Waals surface area (Å²) in [4.78, 5) is 10.1. The van der Waals surface area contributed by atoms with Crippen LogP contribution in [0.1, 0.15) is 18.1 Å². The maximum absolute atomic E-state index is 8.95. The summed E-state index contributed by atoms with van der Waals surface area (Å²) in [7, 11) is 3.01. The van der Waals surface area contributed by atoms with Gasteiger partial charge < -0.3 is 14.2 Å². The molecule has 0 aliphatic rings. The van der Waals surface area contributed by atoms with Gasteiger partial charge in [0, 0.05) is 10.5 Å². The number of rotatable bonds is 7. The van der Waals surface area contributed by atoms with E-state index in [4.69, 9.17) is 14.3 Å². The molecule has 0 N–H and O–H groups in total. The number of hydrogen-bond donors (Lipinski definition) is 0. The van der Waals surface area contributed by atoms with Crippen LogP contribution in [-0.2, 0) is 22.6 Å². The third-order valence-electron chi connectivity index (χ3n) is 3.35. The first-order valence-corrected chi connectivity index (χ1v) is 8.81. The topological polar surface area (TPSA) is 44.8 Å². The Morgan fingerprint density at radius 3 is 2.29 bits per heavy atom. The van der Waals surface area contributed by atoms with Gasteiger partial charge in [-0.3, -0.25) is 4.79 Å². The Balaban J connectivity index is 0.000000648. The molecule has 5 heteroatoms. The van der Waals surface area contributed by atoms with Gasteiger partial charge in [0.15, 0.2) is 0 Å². The van der Waals surface area contributed by atoms with Crippen molar-refractivity contribution in [2.75, 3.05) is 20.5 Å². The fraction of sp³-hybridized carbons (Fsp3) is 0.316. The van der Waals surface area contributed by atoms with Crippen LogP contribution >= 0.6 is 11.8 Å². The second-order valence-corrected chi connectivity index (χ2v) is 5.57. The SMILES string of the molecule is CCc1ccccc1OCc1c(OC)cccc1SC.COC=O. The third-order valence-corrected chi connectivity index (χ3v) is 4.17. The van der Waals surface area contributed by atoms with Crippen molar-refractivity contribution in [2.45, 2.75) is 24.8 Å². The van der Waals surface area contributed by atoms with Gasteiger partial charge >= 0.3 is 0 Å². The van der Waals surface area contributed by atoms with E-state index in [0.717, 1.165) is 23.5 Å². The molecule has 0 saturated carbocycles. The Morgan fingerprint density at radius 1 is 1.04 bits per heavy atom. The summed E-state index contributed by atoms with van der Waals surface area (Å²) < 4.78 is 15.3. The summed E-state index contributed by atoms with van der Waals surface area (Å²) in [6.45, 7) is 3.04. The molecule has 0 unspecified atom stereocenters. The fourth-order valence-corrected chi connectivity index (χ4v) is 2.78. The fourth-order valence-electron chi connectivity index (χ4n) is 2.16. The van der Waals surface area contributed by atoms with Crippen molar-refractivity contribution in [3.8, 4) is 11.5 Å². The quantitative estimate of drug-likeness (QED) is 0.550. The zero-order valence-corrected chi connectivity index (χ0v) is 15.4. The standard InChI is InChI=1S/C17H20O2S.C2H4O2/c1-4-13-8-5-6-9-15(13)19-12-14-16(18-2)10-7-11-17(14)20-3;1-4-2-3/h5-11H,4,12H2,1-3H3;2H,1H3. The average Bonchev–Trinajstić information content (AvgIpc) is 2.66. The van der Waals surface area contributed by atoms with Crippen molar-refractivity contribution >= 4 is 18.2 Å². The number of thioether (sulfide) groups is 1. The maximum Gasteiger partial charge on any atom is 0.292 e. The maximum atomic E-state index is 8.95. The molecule has 130 valence electrons. The molecule has 24 heavy (non-hydrogen) atoms. The van der Waals surface area contributed by atoms with Gasteiger partial charge in [-0.1, -0.05) is 31.2 Å². The number of carbonyl (C=O) groups excluding carboxylic acids is 1. The highest BCUT2D eigenvalue weighted by Crippen LogP contribution is 2.30. The van der Waals surface area contributed by atoms with E-state index in [1.165, 1.54) is 17.6 Å². The van der Waals surface area contributed by atoms with E-state index in [9.17, 15) is 0 Å². The van der Waals surface area contributed by atoms with Gasteiger partial charge in [0.2, 0.25) is 0 Å². The molecular weight excluding hydrogens is 324 g/mol. The Hall–Kier alpha value is -2.14. The van der Waals surface area contributed by atoms with Gasteiger partial charge in [-0.2, -0.15) is 0 Å². The molecule has 2 rings (SSSR count). The molecule has 0 amide bonds. The second kappa shape index (κ2) is 11.4. The third kappa shape index (κ3) is 5.81. The highest BCUT2D eigenvalue weighted by atomic mass is 32.2. The van der Waals surface area contributed by atoms with Crippen molar-refractivity contribution in [1.82, 2.24) is 0 Å². The molecule has 0 atom stereocenters. The first kappa shape index (κ1) is 19.9. The van der Waals surface area contributed by atoms with Crippen LogP contribution in [0.2, 0.25) is 0 Å². The van der Waals surface area contributed by atoms with Crippen LogP contribution in [0.15, 0.2) is 47.4 Å². The normalized spacial score (nSPS) is 9.50. The number of hydrogen-bond acceptors (Lipinski definition) is 5. The summed E-state index contributed by atoms with van der Waals surface area (Å²) in [6, 6.07) is 14.3. The van der Waals surface area contributed by atoms with Crippen LogP contribution in [0.25, 0.3) is 0 Å². The van der Waals surface area contributed by atoms with Gasteiger partial charge in [-0.15, -0.1) is 11.8 Å². The zero-order valence-electron chi connectivity index (χ0n) is 14.6. The molecule has 4 nitrogen and oxygen atoms in total. The van der Waals surface area contributed by atoms with E-state index < -0.39 is 0 Å². The number of benzene rings is 2. The lowest BCUT2D eigenvalue weighted by Gasteiger charge is -2.15. The average molecular weight is 348 g/mol. The van der Waals surface area contributed by atoms with E-state index in [2.05, 4.69) is 30.0 Å². The van der Waals surface area contributed by atoms with E-state index >= 15 is 0 Å². The van der Waals surface area contributed by atoms with Gasteiger partial charge in [0.05, 0.1) is 14.2 Å². The Morgan fingerprint density at radius 2 is 1.71 bits per heavy atom. The molecule has 0 aliphatic carbocycles. The predicted octanol–water partition coefficient (Wildman–Crippen LogP) is 4.35. The summed E-state index contributed by atoms with van der Waals surface area (Å²) in [5.74, 6) is 1.83. The van der Waals surface area contributed by atoms with E-state index in [0.29, 0.717) is 13.1 Å². The molecule has 0 spiro atoms. The molecule has 0 bridgehead atoms. The lowest BCUT2D eigenvalue weighted by molar-refractivity contribution is -0.126. The van der Waals surface area contributed by atoms with Crippen LogP contribution in [0, 0.1) is 0 Å². The highest BCUT2D eigenvalue weighted by molar-refractivity contribution is 7.98. The monoisotopic (exact) mass is 348 g/mol. The minimum atomic E-state index is 0.375. The van der Waals surface area contributed by atoms with Crippen molar-refractivity contribution in [1.29, 1.82) is 0 Å². The lowest BCUT2D eigenvalue weighted by Crippen LogP contribution is -2.02. The molecule has 0 heterocycles. The summed E-state index contributed by atoms with van der Waals surface area (Å²) in [5.41, 5.74) is 2.33. The summed E-state index contributed by atoms with van der Waals surface area (Å²) in [6.07, 6.45) is 3.04. The first-order valence-electron chi connectivity index (χ1n) is 7.58. The summed E-state index contributed by atoms with van der Waals surface area (Å²) >= 11 is 1.71. The number of ether oxygens (including phenoxy) is 3. The van der Waals surface area contributed by atoms with Crippen molar-refractivity contribution in [3.05, 3.63) is 53.6 Å². The van der Waals surface area contributed by atoms with Crippen LogP contribution in [0.5, 0.6) is 11.5 Å². The molecular formula is C19H24O4S. The smallest absolute Gasteiger partial charge is 0.292 e. The van der Waals surface area contributed by atoms with Gasteiger partial charge in [0.1, 0.15) is 18.1 Å². The summed E-state index contributed by atoms with van der Waals surface area (Å²) in [5, 5.41) is 0. The van der Waals surface area contributed by atoms with Gasteiger partial charge in [-0.05, 0) is 36.4 Å². The number of carbonyl (C=O) groups is 1. The Labute approximate surface area is 148 Å². The molecule has 0 aliphatic heterocycles. The molecule has 0 saturated heterocycles. The number of methoxy groups -OCH3 is 2. The minimum absolute atomic E-state index is 0.375. The van der Waals surface area contributed by atoms with E-state index in [-0.39, 0.29) is 0 Å².